The highest BCUT2D eigenvalue weighted by atomic mass is 32.2. The van der Waals surface area contributed by atoms with Gasteiger partial charge in [-0.25, -0.2) is 14.8 Å². The van der Waals surface area contributed by atoms with E-state index in [1.54, 1.807) is 6.07 Å². The third-order valence-corrected chi connectivity index (χ3v) is 4.99. The normalized spacial score (nSPS) is 13.4. The Balaban J connectivity index is 1.97. The van der Waals surface area contributed by atoms with Crippen molar-refractivity contribution in [3.05, 3.63) is 28.7 Å². The highest BCUT2D eigenvalue weighted by molar-refractivity contribution is 8.01. The molecule has 20 heavy (non-hydrogen) atoms. The second kappa shape index (κ2) is 5.49. The number of fused-ring (bicyclic) bond motifs is 1. The fraction of sp³-hybridized carbons (Fsp3) is 0.385. The average molecular weight is 307 g/mol. The summed E-state index contributed by atoms with van der Waals surface area (Å²) in [6.45, 7) is 1.99. The smallest absolute Gasteiger partial charge is 0.338 e. The van der Waals surface area contributed by atoms with Gasteiger partial charge in [-0.05, 0) is 54.2 Å². The molecule has 104 valence electrons. The minimum absolute atomic E-state index is 0.267. The Morgan fingerprint density at radius 2 is 2.30 bits per heavy atom. The second-order valence-electron chi connectivity index (χ2n) is 4.54. The molecule has 0 saturated heterocycles. The molecule has 2 aromatic rings. The highest BCUT2D eigenvalue weighted by Crippen LogP contribution is 2.33. The molecule has 5 nitrogen and oxygen atoms in total. The quantitative estimate of drug-likeness (QED) is 0.936. The summed E-state index contributed by atoms with van der Waals surface area (Å²) in [6.07, 6.45) is 3.68. The summed E-state index contributed by atoms with van der Waals surface area (Å²) in [7, 11) is 0. The molecule has 0 unspecified atom stereocenters. The Morgan fingerprint density at radius 3 is 3.00 bits per heavy atom. The van der Waals surface area contributed by atoms with Crippen molar-refractivity contribution in [3.8, 4) is 0 Å². The summed E-state index contributed by atoms with van der Waals surface area (Å²) in [4.78, 5) is 20.3. The lowest BCUT2D eigenvalue weighted by Crippen LogP contribution is -2.04. The zero-order chi connectivity index (χ0) is 14.1. The number of aromatic carboxylic acids is 1. The number of pyridine rings is 1. The Bertz CT molecular complexity index is 670. The number of carboxylic acids is 1. The lowest BCUT2D eigenvalue weighted by molar-refractivity contribution is 0.0692. The topological polar surface area (TPSA) is 76.0 Å². The lowest BCUT2D eigenvalue weighted by atomic mass is 10.1. The first-order chi connectivity index (χ1) is 9.67. The zero-order valence-corrected chi connectivity index (χ0v) is 12.6. The van der Waals surface area contributed by atoms with Gasteiger partial charge in [-0.15, -0.1) is 0 Å². The summed E-state index contributed by atoms with van der Waals surface area (Å²) >= 11 is 2.59. The molecule has 2 aromatic heterocycles. The van der Waals surface area contributed by atoms with E-state index < -0.39 is 5.97 Å². The van der Waals surface area contributed by atoms with Crippen molar-refractivity contribution < 1.29 is 9.90 Å². The van der Waals surface area contributed by atoms with E-state index in [2.05, 4.69) is 14.3 Å². The summed E-state index contributed by atoms with van der Waals surface area (Å²) in [5.74, 6) is -0.148. The summed E-state index contributed by atoms with van der Waals surface area (Å²) in [6, 6.07) is 1.77. The molecule has 0 bridgehead atoms. The molecule has 0 fully saturated rings. The molecule has 7 heteroatoms. The summed E-state index contributed by atoms with van der Waals surface area (Å²) in [5.41, 5.74) is 2.36. The van der Waals surface area contributed by atoms with Gasteiger partial charge in [-0.1, -0.05) is 6.92 Å². The molecule has 0 amide bonds. The van der Waals surface area contributed by atoms with E-state index in [0.29, 0.717) is 5.03 Å². The lowest BCUT2D eigenvalue weighted by Gasteiger charge is -2.06. The molecule has 0 spiro atoms. The van der Waals surface area contributed by atoms with Gasteiger partial charge in [0.2, 0.25) is 0 Å². The second-order valence-corrected chi connectivity index (χ2v) is 6.53. The van der Waals surface area contributed by atoms with Crippen LogP contribution in [0.2, 0.25) is 0 Å². The Hall–Kier alpha value is -1.47. The van der Waals surface area contributed by atoms with Crippen LogP contribution in [0, 0.1) is 0 Å². The Kier molecular flexibility index (Phi) is 3.71. The van der Waals surface area contributed by atoms with Gasteiger partial charge in [0.15, 0.2) is 4.34 Å². The SMILES string of the molecule is CCc1nsc(Sc2nc3c(cc2C(=O)O)CCC3)n1. The maximum Gasteiger partial charge on any atom is 0.338 e. The predicted octanol–water partition coefficient (Wildman–Crippen LogP) is 2.83. The number of aryl methyl sites for hydroxylation is 3. The maximum atomic E-state index is 11.4. The fourth-order valence-corrected chi connectivity index (χ4v) is 3.92. The van der Waals surface area contributed by atoms with Crippen molar-refractivity contribution in [1.29, 1.82) is 0 Å². The molecule has 0 radical (unpaired) electrons. The van der Waals surface area contributed by atoms with E-state index in [1.165, 1.54) is 23.3 Å². The molecule has 2 heterocycles. The van der Waals surface area contributed by atoms with Gasteiger partial charge in [0, 0.05) is 12.1 Å². The number of aromatic nitrogens is 3. The first-order valence-corrected chi connectivity index (χ1v) is 8.03. The summed E-state index contributed by atoms with van der Waals surface area (Å²) < 4.78 is 4.96. The first kappa shape index (κ1) is 13.5. The first-order valence-electron chi connectivity index (χ1n) is 6.44. The van der Waals surface area contributed by atoms with Gasteiger partial charge in [-0.2, -0.15) is 4.37 Å². The van der Waals surface area contributed by atoms with E-state index in [-0.39, 0.29) is 5.56 Å². The van der Waals surface area contributed by atoms with Crippen LogP contribution in [-0.4, -0.2) is 25.4 Å². The minimum atomic E-state index is -0.935. The van der Waals surface area contributed by atoms with E-state index in [1.807, 2.05) is 6.92 Å². The summed E-state index contributed by atoms with van der Waals surface area (Å²) in [5, 5.41) is 9.87. The van der Waals surface area contributed by atoms with Crippen LogP contribution in [0.5, 0.6) is 0 Å². The van der Waals surface area contributed by atoms with Gasteiger partial charge in [0.25, 0.3) is 0 Å². The van der Waals surface area contributed by atoms with Crippen LogP contribution < -0.4 is 0 Å². The number of hydrogen-bond donors (Lipinski definition) is 1. The molecule has 1 aliphatic carbocycles. The van der Waals surface area contributed by atoms with E-state index >= 15 is 0 Å². The van der Waals surface area contributed by atoms with Crippen molar-refractivity contribution in [2.24, 2.45) is 0 Å². The molecule has 1 aliphatic rings. The molecule has 1 N–H and O–H groups in total. The standard InChI is InChI=1S/C13H13N3O2S2/c1-2-10-15-13(20-16-10)19-11-8(12(17)18)6-7-4-3-5-9(7)14-11/h6H,2-5H2,1H3,(H,17,18). The number of rotatable bonds is 4. The molecular weight excluding hydrogens is 294 g/mol. The molecular formula is C13H13N3O2S2. The molecule has 0 saturated carbocycles. The number of carbonyl (C=O) groups is 1. The van der Waals surface area contributed by atoms with Gasteiger partial charge >= 0.3 is 5.97 Å². The fourth-order valence-electron chi connectivity index (χ4n) is 2.19. The van der Waals surface area contributed by atoms with Crippen LogP contribution >= 0.6 is 23.3 Å². The van der Waals surface area contributed by atoms with E-state index in [4.69, 9.17) is 0 Å². The van der Waals surface area contributed by atoms with Crippen LogP contribution in [0.15, 0.2) is 15.4 Å². The van der Waals surface area contributed by atoms with E-state index in [9.17, 15) is 9.90 Å². The van der Waals surface area contributed by atoms with Crippen molar-refractivity contribution >= 4 is 29.3 Å². The zero-order valence-electron chi connectivity index (χ0n) is 10.9. The molecule has 0 atom stereocenters. The van der Waals surface area contributed by atoms with Gasteiger partial charge in [-0.3, -0.25) is 0 Å². The van der Waals surface area contributed by atoms with Crippen LogP contribution in [0.1, 0.15) is 40.8 Å². The number of nitrogens with zero attached hydrogens (tertiary/aromatic N) is 3. The van der Waals surface area contributed by atoms with Gasteiger partial charge < -0.3 is 5.11 Å². The van der Waals surface area contributed by atoms with Crippen molar-refractivity contribution in [3.63, 3.8) is 0 Å². The van der Waals surface area contributed by atoms with Gasteiger partial charge in [0.05, 0.1) is 5.56 Å². The van der Waals surface area contributed by atoms with Crippen molar-refractivity contribution in [2.75, 3.05) is 0 Å². The van der Waals surface area contributed by atoms with Crippen molar-refractivity contribution in [1.82, 2.24) is 14.3 Å². The van der Waals surface area contributed by atoms with Crippen molar-refractivity contribution in [2.45, 2.75) is 42.0 Å². The molecule has 0 aromatic carbocycles. The molecule has 3 rings (SSSR count). The number of carboxylic acid groups (broad SMARTS) is 1. The largest absolute Gasteiger partial charge is 0.478 e. The number of hydrogen-bond acceptors (Lipinski definition) is 6. The minimum Gasteiger partial charge on any atom is -0.478 e. The molecule has 0 aliphatic heterocycles. The average Bonchev–Trinajstić information content (AvgIpc) is 3.05. The van der Waals surface area contributed by atoms with Crippen LogP contribution in [0.25, 0.3) is 0 Å². The van der Waals surface area contributed by atoms with E-state index in [0.717, 1.165) is 47.1 Å². The van der Waals surface area contributed by atoms with Crippen LogP contribution in [0.4, 0.5) is 0 Å². The van der Waals surface area contributed by atoms with Crippen LogP contribution in [-0.2, 0) is 19.3 Å². The Morgan fingerprint density at radius 1 is 1.45 bits per heavy atom. The highest BCUT2D eigenvalue weighted by Gasteiger charge is 2.21. The monoisotopic (exact) mass is 307 g/mol. The Labute approximate surface area is 124 Å². The van der Waals surface area contributed by atoms with Crippen LogP contribution in [0.3, 0.4) is 0 Å². The third kappa shape index (κ3) is 2.55. The predicted molar refractivity (Wildman–Crippen MR) is 76.6 cm³/mol. The maximum absolute atomic E-state index is 11.4. The third-order valence-electron chi connectivity index (χ3n) is 3.20. The van der Waals surface area contributed by atoms with Gasteiger partial charge in [0.1, 0.15) is 10.9 Å².